The Hall–Kier alpha value is 0.137. The van der Waals surface area contributed by atoms with Gasteiger partial charge in [-0.1, -0.05) is 13.3 Å². The van der Waals surface area contributed by atoms with Crippen LogP contribution in [0.5, 0.6) is 0 Å². The molecule has 0 spiro atoms. The number of rotatable bonds is 4. The van der Waals surface area contributed by atoms with Gasteiger partial charge in [0.05, 0.1) is 12.7 Å². The monoisotopic (exact) mass is 145 g/mol. The quantitative estimate of drug-likeness (QED) is 0.461. The van der Waals surface area contributed by atoms with E-state index in [9.17, 15) is 0 Å². The van der Waals surface area contributed by atoms with E-state index in [-0.39, 0.29) is 0 Å². The molecule has 0 bridgehead atoms. The van der Waals surface area contributed by atoms with Gasteiger partial charge in [0.1, 0.15) is 8.96 Å². The summed E-state index contributed by atoms with van der Waals surface area (Å²) < 4.78 is 5.08. The van der Waals surface area contributed by atoms with E-state index in [2.05, 4.69) is 6.92 Å². The maximum Gasteiger partial charge on any atom is 0.108 e. The van der Waals surface area contributed by atoms with Crippen LogP contribution in [-0.2, 0) is 4.74 Å². The molecule has 9 heavy (non-hydrogen) atoms. The second kappa shape index (κ2) is 3.34. The van der Waals surface area contributed by atoms with Gasteiger partial charge in [0.15, 0.2) is 0 Å². The van der Waals surface area contributed by atoms with Gasteiger partial charge in [0.2, 0.25) is 0 Å². The molecule has 1 aliphatic heterocycles. The molecule has 1 heterocycles. The van der Waals surface area contributed by atoms with E-state index in [1.165, 1.54) is 18.5 Å². The molecule has 0 aromatic heterocycles. The maximum absolute atomic E-state index is 5.88. The van der Waals surface area contributed by atoms with Crippen LogP contribution >= 0.6 is 0 Å². The lowest BCUT2D eigenvalue weighted by Gasteiger charge is -2.03. The molecular formula is C6H15NOSi. The third kappa shape index (κ3) is 2.98. The second-order valence-corrected chi connectivity index (χ2v) is 5.31. The maximum atomic E-state index is 5.88. The predicted octanol–water partition coefficient (Wildman–Crippen LogP) is 0.478. The zero-order chi connectivity index (χ0) is 6.69. The largest absolute Gasteiger partial charge is 0.373 e. The smallest absolute Gasteiger partial charge is 0.108 e. The minimum absolute atomic E-state index is 0.568. The third-order valence-corrected chi connectivity index (χ3v) is 4.08. The van der Waals surface area contributed by atoms with E-state index < -0.39 is 8.96 Å². The fourth-order valence-corrected chi connectivity index (χ4v) is 2.96. The van der Waals surface area contributed by atoms with Crippen molar-refractivity contribution in [3.63, 3.8) is 0 Å². The Kier molecular flexibility index (Phi) is 2.69. The SMILES string of the molecule is CCC[SiH](N)CC1CO1. The Morgan fingerprint density at radius 1 is 1.78 bits per heavy atom. The minimum atomic E-state index is -0.823. The molecule has 0 aromatic rings. The number of epoxide rings is 1. The van der Waals surface area contributed by atoms with Crippen molar-refractivity contribution in [3.8, 4) is 0 Å². The van der Waals surface area contributed by atoms with Crippen molar-refractivity contribution >= 4 is 8.96 Å². The highest BCUT2D eigenvalue weighted by molar-refractivity contribution is 6.55. The Morgan fingerprint density at radius 3 is 2.89 bits per heavy atom. The zero-order valence-corrected chi connectivity index (χ0v) is 7.12. The normalized spacial score (nSPS) is 28.0. The fraction of sp³-hybridized carbons (Fsp3) is 1.00. The van der Waals surface area contributed by atoms with E-state index in [1.807, 2.05) is 0 Å². The first-order valence-corrected chi connectivity index (χ1v) is 6.00. The van der Waals surface area contributed by atoms with Crippen LogP contribution in [0, 0.1) is 0 Å². The van der Waals surface area contributed by atoms with Crippen LogP contribution in [0.2, 0.25) is 12.1 Å². The molecule has 2 atom stereocenters. The van der Waals surface area contributed by atoms with E-state index in [1.54, 1.807) is 0 Å². The molecule has 2 N–H and O–H groups in total. The Balaban J connectivity index is 1.95. The van der Waals surface area contributed by atoms with Gasteiger partial charge in [-0.2, -0.15) is 0 Å². The lowest BCUT2D eigenvalue weighted by atomic mass is 10.6. The molecule has 1 saturated heterocycles. The summed E-state index contributed by atoms with van der Waals surface area (Å²) in [5, 5.41) is 5.88. The van der Waals surface area contributed by atoms with Crippen LogP contribution < -0.4 is 5.40 Å². The van der Waals surface area contributed by atoms with Crippen LogP contribution in [0.25, 0.3) is 0 Å². The highest BCUT2D eigenvalue weighted by Crippen LogP contribution is 2.16. The van der Waals surface area contributed by atoms with Gasteiger partial charge in [0, 0.05) is 0 Å². The van der Waals surface area contributed by atoms with Crippen molar-refractivity contribution in [1.29, 1.82) is 0 Å². The second-order valence-electron chi connectivity index (χ2n) is 2.74. The molecule has 1 aliphatic rings. The van der Waals surface area contributed by atoms with Crippen LogP contribution in [0.3, 0.4) is 0 Å². The standard InChI is InChI=1S/C6H15NOSi/c1-2-3-9(7)5-6-4-8-6/h6,9H,2-5,7H2,1H3. The average Bonchev–Trinajstić information content (AvgIpc) is 2.50. The Bertz CT molecular complexity index is 85.1. The van der Waals surface area contributed by atoms with Gasteiger partial charge in [-0.05, 0) is 12.1 Å². The molecule has 54 valence electrons. The van der Waals surface area contributed by atoms with Crippen LogP contribution in [0.15, 0.2) is 0 Å². The van der Waals surface area contributed by atoms with Crippen molar-refractivity contribution < 1.29 is 4.74 Å². The predicted molar refractivity (Wildman–Crippen MR) is 41.0 cm³/mol. The van der Waals surface area contributed by atoms with Crippen molar-refractivity contribution in [1.82, 2.24) is 0 Å². The van der Waals surface area contributed by atoms with Gasteiger partial charge in [-0.3, -0.25) is 0 Å². The van der Waals surface area contributed by atoms with E-state index in [0.717, 1.165) is 6.61 Å². The number of nitrogens with two attached hydrogens (primary N) is 1. The molecule has 1 rings (SSSR count). The third-order valence-electron chi connectivity index (χ3n) is 1.63. The average molecular weight is 145 g/mol. The molecule has 3 heteroatoms. The van der Waals surface area contributed by atoms with Crippen LogP contribution in [0.4, 0.5) is 0 Å². The summed E-state index contributed by atoms with van der Waals surface area (Å²) in [7, 11) is -0.823. The van der Waals surface area contributed by atoms with Gasteiger partial charge in [0.25, 0.3) is 0 Å². The highest BCUT2D eigenvalue weighted by atomic mass is 28.3. The summed E-state index contributed by atoms with van der Waals surface area (Å²) in [5.74, 6) is 0. The molecule has 2 nitrogen and oxygen atoms in total. The summed E-state index contributed by atoms with van der Waals surface area (Å²) in [6.07, 6.45) is 1.82. The molecule has 0 amide bonds. The summed E-state index contributed by atoms with van der Waals surface area (Å²) >= 11 is 0. The van der Waals surface area contributed by atoms with E-state index in [4.69, 9.17) is 10.1 Å². The summed E-state index contributed by atoms with van der Waals surface area (Å²) in [6.45, 7) is 3.17. The van der Waals surface area contributed by atoms with Gasteiger partial charge in [-0.15, -0.1) is 0 Å². The lowest BCUT2D eigenvalue weighted by molar-refractivity contribution is 0.422. The van der Waals surface area contributed by atoms with E-state index >= 15 is 0 Å². The molecule has 0 radical (unpaired) electrons. The van der Waals surface area contributed by atoms with Crippen LogP contribution in [-0.4, -0.2) is 21.7 Å². The Labute approximate surface area is 58.1 Å². The topological polar surface area (TPSA) is 38.5 Å². The van der Waals surface area contributed by atoms with E-state index in [0.29, 0.717) is 6.10 Å². The first-order chi connectivity index (χ1) is 4.33. The first-order valence-electron chi connectivity index (χ1n) is 3.70. The summed E-state index contributed by atoms with van der Waals surface area (Å²) in [4.78, 5) is 0. The first kappa shape index (κ1) is 7.25. The number of hydrogen-bond donors (Lipinski definition) is 1. The van der Waals surface area contributed by atoms with Crippen LogP contribution in [0.1, 0.15) is 13.3 Å². The van der Waals surface area contributed by atoms with Crippen molar-refractivity contribution in [3.05, 3.63) is 0 Å². The molecule has 0 aromatic carbocycles. The van der Waals surface area contributed by atoms with Crippen molar-refractivity contribution in [2.24, 2.45) is 5.40 Å². The minimum Gasteiger partial charge on any atom is -0.373 e. The van der Waals surface area contributed by atoms with Crippen molar-refractivity contribution in [2.75, 3.05) is 6.61 Å². The van der Waals surface area contributed by atoms with Gasteiger partial charge >= 0.3 is 0 Å². The van der Waals surface area contributed by atoms with Gasteiger partial charge in [-0.25, -0.2) is 0 Å². The number of hydrogen-bond acceptors (Lipinski definition) is 2. The fourth-order valence-electron chi connectivity index (χ4n) is 1.03. The molecule has 0 aliphatic carbocycles. The molecule has 0 saturated carbocycles. The molecule has 2 unspecified atom stereocenters. The Morgan fingerprint density at radius 2 is 2.44 bits per heavy atom. The van der Waals surface area contributed by atoms with Crippen molar-refractivity contribution in [2.45, 2.75) is 31.5 Å². The lowest BCUT2D eigenvalue weighted by Crippen LogP contribution is -2.26. The summed E-state index contributed by atoms with van der Waals surface area (Å²) in [6, 6.07) is 2.48. The summed E-state index contributed by atoms with van der Waals surface area (Å²) in [5.41, 5.74) is 0. The van der Waals surface area contributed by atoms with Gasteiger partial charge < -0.3 is 10.1 Å². The highest BCUT2D eigenvalue weighted by Gasteiger charge is 2.24. The molecule has 1 fully saturated rings. The number of ether oxygens (including phenoxy) is 1. The molecular weight excluding hydrogens is 130 g/mol. The zero-order valence-electron chi connectivity index (χ0n) is 5.97.